The van der Waals surface area contributed by atoms with E-state index in [-0.39, 0.29) is 64.0 Å². The summed E-state index contributed by atoms with van der Waals surface area (Å²) in [5.74, 6) is 0.551. The van der Waals surface area contributed by atoms with Gasteiger partial charge in [0, 0.05) is 32.0 Å². The smallest absolute Gasteiger partial charge is 0.410 e. The number of hydrogen-bond acceptors (Lipinski definition) is 7. The molecule has 6 aliphatic rings. The van der Waals surface area contributed by atoms with Gasteiger partial charge in [0.2, 0.25) is 5.91 Å². The molecule has 10 heteroatoms. The molecule has 2 amide bonds. The molecule has 1 heterocycles. The van der Waals surface area contributed by atoms with Gasteiger partial charge in [0.1, 0.15) is 11.7 Å². The summed E-state index contributed by atoms with van der Waals surface area (Å²) in [5, 5.41) is 12.5. The van der Waals surface area contributed by atoms with E-state index in [0.717, 1.165) is 82.9 Å². The number of carbonyl (C=O) groups is 5. The minimum atomic E-state index is -1.15. The number of ketones is 1. The van der Waals surface area contributed by atoms with Gasteiger partial charge in [-0.1, -0.05) is 69.2 Å². The van der Waals surface area contributed by atoms with Crippen molar-refractivity contribution in [2.45, 2.75) is 193 Å². The molecule has 1 aliphatic heterocycles. The number of allylic oxidation sites excluding steroid dienone is 1. The SMILES string of the molecule is CC.CC.CC(C)(C)OC(=O)N1CCCC1.CNC(=O)C12CCC3C(CCC4[C@@]3(C)CCC3C(C)(C)[C@@H](OC(=O)CC(C)(C)C(=O)O)CC[C@@]34C)C1=C(C(C)C)C(=O)C2. The zero-order valence-corrected chi connectivity index (χ0v) is 40.1. The van der Waals surface area contributed by atoms with Crippen LogP contribution in [0, 0.1) is 56.7 Å². The highest BCUT2D eigenvalue weighted by Crippen LogP contribution is 2.73. The fraction of sp³-hybridized carbons (Fsp3) is 0.857. The maximum absolute atomic E-state index is 13.5. The molecule has 10 nitrogen and oxygen atoms in total. The summed E-state index contributed by atoms with van der Waals surface area (Å²) in [4.78, 5) is 64.6. The van der Waals surface area contributed by atoms with Gasteiger partial charge < -0.3 is 24.8 Å². The molecule has 0 aromatic heterocycles. The highest BCUT2D eigenvalue weighted by Gasteiger charge is 2.67. The third-order valence-corrected chi connectivity index (χ3v) is 15.4. The first-order valence-corrected chi connectivity index (χ1v) is 23.3. The van der Waals surface area contributed by atoms with Gasteiger partial charge in [0.25, 0.3) is 0 Å². The summed E-state index contributed by atoms with van der Waals surface area (Å²) < 4.78 is 11.3. The summed E-state index contributed by atoms with van der Waals surface area (Å²) in [7, 11) is 1.71. The predicted molar refractivity (Wildman–Crippen MR) is 235 cm³/mol. The van der Waals surface area contributed by atoms with E-state index in [2.05, 4.69) is 46.9 Å². The second-order valence-corrected chi connectivity index (χ2v) is 21.1. The number of carbonyl (C=O) groups excluding carboxylic acids is 4. The molecule has 5 aliphatic carbocycles. The van der Waals surface area contributed by atoms with Crippen molar-refractivity contribution in [3.63, 3.8) is 0 Å². The molecule has 0 bridgehead atoms. The Balaban J connectivity index is 0.000000492. The number of Topliss-reactive ketones (excluding diaryl/α,β-unsaturated/α-hetero) is 1. The minimum Gasteiger partial charge on any atom is -0.481 e. The molecule has 0 aromatic carbocycles. The van der Waals surface area contributed by atoms with Crippen molar-refractivity contribution >= 4 is 29.7 Å². The van der Waals surface area contributed by atoms with Crippen molar-refractivity contribution in [2.24, 2.45) is 56.7 Å². The molecule has 338 valence electrons. The number of aliphatic carboxylic acids is 1. The first-order valence-electron chi connectivity index (χ1n) is 23.3. The normalized spacial score (nSPS) is 33.2. The van der Waals surface area contributed by atoms with E-state index in [1.54, 1.807) is 25.8 Å². The molecule has 1 saturated heterocycles. The van der Waals surface area contributed by atoms with Crippen LogP contribution in [0.15, 0.2) is 11.1 Å². The second kappa shape index (κ2) is 19.0. The van der Waals surface area contributed by atoms with Gasteiger partial charge in [0.15, 0.2) is 5.78 Å². The Labute approximate surface area is 358 Å². The largest absolute Gasteiger partial charge is 0.481 e. The number of rotatable bonds is 6. The molecule has 2 N–H and O–H groups in total. The Morgan fingerprint density at radius 1 is 0.831 bits per heavy atom. The summed E-state index contributed by atoms with van der Waals surface area (Å²) in [5.41, 5.74) is -0.0592. The molecule has 0 aromatic rings. The second-order valence-electron chi connectivity index (χ2n) is 21.1. The van der Waals surface area contributed by atoms with Crippen LogP contribution >= 0.6 is 0 Å². The molecule has 59 heavy (non-hydrogen) atoms. The lowest BCUT2D eigenvalue weighted by atomic mass is 9.36. The minimum absolute atomic E-state index is 0.0225. The molecule has 0 spiro atoms. The van der Waals surface area contributed by atoms with E-state index in [0.29, 0.717) is 24.2 Å². The number of esters is 1. The third kappa shape index (κ3) is 9.77. The zero-order valence-electron chi connectivity index (χ0n) is 40.1. The van der Waals surface area contributed by atoms with Gasteiger partial charge in [-0.3, -0.25) is 19.2 Å². The Kier molecular flexibility index (Phi) is 16.3. The lowest BCUT2D eigenvalue weighted by Crippen LogP contribution is -2.63. The van der Waals surface area contributed by atoms with Crippen LogP contribution in [-0.2, 0) is 28.7 Å². The number of nitrogens with zero attached hydrogens (tertiary/aromatic N) is 1. The number of hydrogen-bond donors (Lipinski definition) is 2. The Morgan fingerprint density at radius 2 is 1.41 bits per heavy atom. The van der Waals surface area contributed by atoms with Crippen LogP contribution in [0.1, 0.15) is 181 Å². The first-order chi connectivity index (χ1) is 27.4. The molecular formula is C49H84N2O8. The maximum Gasteiger partial charge on any atom is 0.410 e. The Hall–Kier alpha value is -2.91. The van der Waals surface area contributed by atoms with Crippen molar-refractivity contribution in [2.75, 3.05) is 20.1 Å². The molecule has 5 unspecified atom stereocenters. The van der Waals surface area contributed by atoms with E-state index in [1.807, 2.05) is 48.5 Å². The number of amides is 2. The lowest BCUT2D eigenvalue weighted by Gasteiger charge is -2.68. The molecule has 4 saturated carbocycles. The van der Waals surface area contributed by atoms with E-state index in [9.17, 15) is 29.1 Å². The summed E-state index contributed by atoms with van der Waals surface area (Å²) in [6, 6.07) is 0. The van der Waals surface area contributed by atoms with Crippen LogP contribution in [0.5, 0.6) is 0 Å². The highest BCUT2D eigenvalue weighted by atomic mass is 16.6. The van der Waals surface area contributed by atoms with E-state index in [1.165, 1.54) is 5.57 Å². The average molecular weight is 829 g/mol. The van der Waals surface area contributed by atoms with Gasteiger partial charge in [-0.15, -0.1) is 0 Å². The number of ether oxygens (including phenoxy) is 2. The number of fused-ring (bicyclic) bond motifs is 7. The van der Waals surface area contributed by atoms with Crippen molar-refractivity contribution in [1.29, 1.82) is 0 Å². The quantitative estimate of drug-likeness (QED) is 0.252. The Morgan fingerprint density at radius 3 is 1.93 bits per heavy atom. The van der Waals surface area contributed by atoms with Gasteiger partial charge >= 0.3 is 18.0 Å². The number of nitrogens with one attached hydrogen (secondary N) is 1. The number of likely N-dealkylation sites (tertiary alicyclic amines) is 1. The van der Waals surface area contributed by atoms with Crippen LogP contribution in [-0.4, -0.2) is 71.6 Å². The molecular weight excluding hydrogens is 745 g/mol. The van der Waals surface area contributed by atoms with Crippen LogP contribution in [0.2, 0.25) is 0 Å². The maximum atomic E-state index is 13.5. The third-order valence-electron chi connectivity index (χ3n) is 15.4. The lowest BCUT2D eigenvalue weighted by molar-refractivity contribution is -0.213. The van der Waals surface area contributed by atoms with Gasteiger partial charge in [-0.25, -0.2) is 4.79 Å². The van der Waals surface area contributed by atoms with Crippen LogP contribution in [0.25, 0.3) is 0 Å². The first kappa shape index (κ1) is 50.4. The average Bonchev–Trinajstić information content (AvgIpc) is 3.80. The summed E-state index contributed by atoms with van der Waals surface area (Å²) in [6.07, 6.45) is 9.80. The molecule has 8 atom stereocenters. The van der Waals surface area contributed by atoms with Crippen molar-refractivity contribution in [3.05, 3.63) is 11.1 Å². The zero-order chi connectivity index (χ0) is 45.1. The highest BCUT2D eigenvalue weighted by molar-refractivity contribution is 6.06. The van der Waals surface area contributed by atoms with Crippen LogP contribution in [0.3, 0.4) is 0 Å². The van der Waals surface area contributed by atoms with E-state index >= 15 is 0 Å². The van der Waals surface area contributed by atoms with Crippen molar-refractivity contribution in [1.82, 2.24) is 10.2 Å². The monoisotopic (exact) mass is 829 g/mol. The van der Waals surface area contributed by atoms with E-state index < -0.39 is 22.8 Å². The van der Waals surface area contributed by atoms with Crippen molar-refractivity contribution < 1.29 is 38.6 Å². The summed E-state index contributed by atoms with van der Waals surface area (Å²) in [6.45, 7) is 32.3. The standard InChI is InChI=1S/C36H55NO6.C9H17NO2.2C2H6/c1-20(2)28-23(38)18-36(30(40)37-9)17-12-22-21(29(28)36)10-11-25-34(22,7)15-13-24-33(5,6)26(14-16-35(24,25)8)43-27(39)19-32(3,4)31(41)42;1-9(2,3)12-8(11)10-6-4-5-7-10;2*1-2/h20-22,24-26H,10-19H2,1-9H3,(H,37,40)(H,41,42);4-7H2,1-3H3;2*1-2H3/t21?,22?,24?,25?,26-,34-,35-,36?;;;/m0.../s1. The molecule has 6 rings (SSSR count). The summed E-state index contributed by atoms with van der Waals surface area (Å²) >= 11 is 0. The van der Waals surface area contributed by atoms with E-state index in [4.69, 9.17) is 9.47 Å². The van der Waals surface area contributed by atoms with Gasteiger partial charge in [0.05, 0.1) is 17.3 Å². The predicted octanol–water partition coefficient (Wildman–Crippen LogP) is 10.8. The molecule has 5 fully saturated rings. The molecule has 0 radical (unpaired) electrons. The number of carboxylic acid groups (broad SMARTS) is 1. The van der Waals surface area contributed by atoms with Crippen molar-refractivity contribution in [3.8, 4) is 0 Å². The topological polar surface area (TPSA) is 139 Å². The van der Waals surface area contributed by atoms with Crippen LogP contribution in [0.4, 0.5) is 4.79 Å². The van der Waals surface area contributed by atoms with Gasteiger partial charge in [-0.2, -0.15) is 0 Å². The Bertz CT molecular complexity index is 1570. The number of carboxylic acids is 1. The van der Waals surface area contributed by atoms with Gasteiger partial charge in [-0.05, 0) is 150 Å². The fourth-order valence-corrected chi connectivity index (χ4v) is 12.9. The fourth-order valence-electron chi connectivity index (χ4n) is 12.9. The van der Waals surface area contributed by atoms with Crippen LogP contribution < -0.4 is 5.32 Å².